The highest BCUT2D eigenvalue weighted by molar-refractivity contribution is 9.10. The predicted octanol–water partition coefficient (Wildman–Crippen LogP) is 4.36. The number of nitrogens with zero attached hydrogens (tertiary/aromatic N) is 2. The van der Waals surface area contributed by atoms with Crippen molar-refractivity contribution in [1.82, 2.24) is 9.88 Å². The summed E-state index contributed by atoms with van der Waals surface area (Å²) in [4.78, 5) is 8.00. The minimum atomic E-state index is 0.929. The van der Waals surface area contributed by atoms with Gasteiger partial charge in [-0.15, -0.1) is 11.3 Å². The number of halogens is 1. The molecule has 0 unspecified atom stereocenters. The van der Waals surface area contributed by atoms with Crippen LogP contribution in [0.25, 0.3) is 0 Å². The van der Waals surface area contributed by atoms with Crippen molar-refractivity contribution in [2.45, 2.75) is 26.4 Å². The van der Waals surface area contributed by atoms with Gasteiger partial charge in [0.15, 0.2) is 5.13 Å². The largest absolute Gasteiger partial charge is 0.362 e. The molecule has 0 aliphatic rings. The van der Waals surface area contributed by atoms with Crippen molar-refractivity contribution in [3.63, 3.8) is 0 Å². The molecule has 0 saturated heterocycles. The molecule has 1 aromatic heterocycles. The van der Waals surface area contributed by atoms with E-state index < -0.39 is 0 Å². The second kappa shape index (κ2) is 7.76. The number of hydrogen-bond acceptors (Lipinski definition) is 4. The van der Waals surface area contributed by atoms with E-state index in [1.54, 1.807) is 11.3 Å². The van der Waals surface area contributed by atoms with Gasteiger partial charge in [0.1, 0.15) is 0 Å². The minimum Gasteiger partial charge on any atom is -0.362 e. The van der Waals surface area contributed by atoms with Crippen LogP contribution in [-0.4, -0.2) is 23.5 Å². The molecule has 20 heavy (non-hydrogen) atoms. The van der Waals surface area contributed by atoms with Crippen LogP contribution in [0.15, 0.2) is 34.9 Å². The van der Waals surface area contributed by atoms with E-state index in [2.05, 4.69) is 69.4 Å². The molecule has 0 spiro atoms. The summed E-state index contributed by atoms with van der Waals surface area (Å²) in [6, 6.07) is 8.45. The summed E-state index contributed by atoms with van der Waals surface area (Å²) in [6.07, 6.45) is 3.10. The van der Waals surface area contributed by atoms with Gasteiger partial charge in [-0.2, -0.15) is 0 Å². The first-order valence-electron chi connectivity index (χ1n) is 6.79. The first kappa shape index (κ1) is 15.5. The third-order valence-corrected chi connectivity index (χ3v) is 4.28. The molecule has 2 aromatic rings. The lowest BCUT2D eigenvalue weighted by molar-refractivity contribution is 0.322. The molecular weight excluding hydrogens is 334 g/mol. The summed E-state index contributed by atoms with van der Waals surface area (Å²) in [6.45, 7) is 5.02. The highest BCUT2D eigenvalue weighted by atomic mass is 79.9. The van der Waals surface area contributed by atoms with Crippen molar-refractivity contribution in [3.05, 3.63) is 45.4 Å². The highest BCUT2D eigenvalue weighted by Gasteiger charge is 2.06. The molecule has 0 aliphatic heterocycles. The molecule has 0 atom stereocenters. The topological polar surface area (TPSA) is 28.2 Å². The average Bonchev–Trinajstić information content (AvgIpc) is 2.83. The van der Waals surface area contributed by atoms with E-state index in [9.17, 15) is 0 Å². The second-order valence-corrected chi connectivity index (χ2v) is 6.89. The van der Waals surface area contributed by atoms with Crippen molar-refractivity contribution in [2.24, 2.45) is 0 Å². The number of aromatic nitrogens is 1. The SMILES string of the molecule is CCCNc1ncc(CN(C)Cc2cccc(Br)c2)s1. The highest BCUT2D eigenvalue weighted by Crippen LogP contribution is 2.20. The second-order valence-electron chi connectivity index (χ2n) is 4.86. The Bertz CT molecular complexity index is 541. The van der Waals surface area contributed by atoms with Gasteiger partial charge in [0.25, 0.3) is 0 Å². The number of thiazole rings is 1. The Hall–Kier alpha value is -0.910. The number of hydrogen-bond donors (Lipinski definition) is 1. The van der Waals surface area contributed by atoms with Crippen LogP contribution in [-0.2, 0) is 13.1 Å². The summed E-state index contributed by atoms with van der Waals surface area (Å²) in [5.41, 5.74) is 1.32. The summed E-state index contributed by atoms with van der Waals surface area (Å²) < 4.78 is 1.13. The maximum Gasteiger partial charge on any atom is 0.182 e. The number of nitrogens with one attached hydrogen (secondary N) is 1. The lowest BCUT2D eigenvalue weighted by Crippen LogP contribution is -2.16. The molecule has 3 nitrogen and oxygen atoms in total. The lowest BCUT2D eigenvalue weighted by atomic mass is 10.2. The van der Waals surface area contributed by atoms with Crippen LogP contribution in [0.5, 0.6) is 0 Å². The lowest BCUT2D eigenvalue weighted by Gasteiger charge is -2.15. The fourth-order valence-corrected chi connectivity index (χ4v) is 3.33. The molecule has 1 aromatic carbocycles. The Morgan fingerprint density at radius 2 is 2.20 bits per heavy atom. The fourth-order valence-electron chi connectivity index (χ4n) is 1.96. The Morgan fingerprint density at radius 1 is 1.35 bits per heavy atom. The van der Waals surface area contributed by atoms with Gasteiger partial charge in [-0.25, -0.2) is 4.98 Å². The van der Waals surface area contributed by atoms with Gasteiger partial charge in [-0.1, -0.05) is 35.0 Å². The van der Waals surface area contributed by atoms with Crippen molar-refractivity contribution in [1.29, 1.82) is 0 Å². The van der Waals surface area contributed by atoms with E-state index in [0.717, 1.165) is 35.7 Å². The van der Waals surface area contributed by atoms with Crippen molar-refractivity contribution in [2.75, 3.05) is 18.9 Å². The molecule has 2 rings (SSSR count). The summed E-state index contributed by atoms with van der Waals surface area (Å²) >= 11 is 5.25. The molecule has 108 valence electrons. The van der Waals surface area contributed by atoms with Crippen molar-refractivity contribution >= 4 is 32.4 Å². The van der Waals surface area contributed by atoms with Crippen LogP contribution in [0.3, 0.4) is 0 Å². The molecule has 1 heterocycles. The summed E-state index contributed by atoms with van der Waals surface area (Å²) in [7, 11) is 2.14. The average molecular weight is 354 g/mol. The van der Waals surface area contributed by atoms with Gasteiger partial charge in [-0.3, -0.25) is 4.90 Å². The first-order valence-corrected chi connectivity index (χ1v) is 8.40. The third kappa shape index (κ3) is 4.89. The summed E-state index contributed by atoms with van der Waals surface area (Å²) in [5.74, 6) is 0. The molecule has 0 amide bonds. The Balaban J connectivity index is 1.87. The quantitative estimate of drug-likeness (QED) is 0.801. The van der Waals surface area contributed by atoms with Crippen LogP contribution < -0.4 is 5.32 Å². The predicted molar refractivity (Wildman–Crippen MR) is 90.2 cm³/mol. The molecule has 0 aliphatic carbocycles. The van der Waals surface area contributed by atoms with E-state index >= 15 is 0 Å². The Kier molecular flexibility index (Phi) is 6.01. The van der Waals surface area contributed by atoms with Crippen LogP contribution >= 0.6 is 27.3 Å². The fraction of sp³-hybridized carbons (Fsp3) is 0.400. The van der Waals surface area contributed by atoms with Gasteiger partial charge < -0.3 is 5.32 Å². The van der Waals surface area contributed by atoms with Gasteiger partial charge in [0, 0.05) is 35.2 Å². The number of anilines is 1. The zero-order chi connectivity index (χ0) is 14.4. The smallest absolute Gasteiger partial charge is 0.182 e. The van der Waals surface area contributed by atoms with Crippen LogP contribution in [0.2, 0.25) is 0 Å². The van der Waals surface area contributed by atoms with E-state index in [4.69, 9.17) is 0 Å². The van der Waals surface area contributed by atoms with Gasteiger partial charge in [-0.05, 0) is 31.2 Å². The Labute approximate surface area is 133 Å². The first-order chi connectivity index (χ1) is 9.67. The van der Waals surface area contributed by atoms with E-state index in [1.165, 1.54) is 10.4 Å². The van der Waals surface area contributed by atoms with Gasteiger partial charge in [0.2, 0.25) is 0 Å². The monoisotopic (exact) mass is 353 g/mol. The van der Waals surface area contributed by atoms with Gasteiger partial charge >= 0.3 is 0 Å². The third-order valence-electron chi connectivity index (χ3n) is 2.85. The maximum atomic E-state index is 4.40. The van der Waals surface area contributed by atoms with Crippen LogP contribution in [0.4, 0.5) is 5.13 Å². The molecule has 0 bridgehead atoms. The van der Waals surface area contributed by atoms with E-state index in [-0.39, 0.29) is 0 Å². The number of benzene rings is 1. The minimum absolute atomic E-state index is 0.929. The molecule has 5 heteroatoms. The molecular formula is C15H20BrN3S. The normalized spacial score (nSPS) is 11.0. The molecule has 0 radical (unpaired) electrons. The standard InChI is InChI=1S/C15H20BrN3S/c1-3-7-17-15-18-9-14(20-15)11-19(2)10-12-5-4-6-13(16)8-12/h4-6,8-9H,3,7,10-11H2,1-2H3,(H,17,18). The maximum absolute atomic E-state index is 4.40. The van der Waals surface area contributed by atoms with Crippen molar-refractivity contribution in [3.8, 4) is 0 Å². The molecule has 1 N–H and O–H groups in total. The molecule has 0 fully saturated rings. The van der Waals surface area contributed by atoms with Gasteiger partial charge in [0.05, 0.1) is 0 Å². The van der Waals surface area contributed by atoms with Crippen molar-refractivity contribution < 1.29 is 0 Å². The van der Waals surface area contributed by atoms with E-state index in [0.29, 0.717) is 0 Å². The van der Waals surface area contributed by atoms with Crippen LogP contribution in [0, 0.1) is 0 Å². The molecule has 0 saturated carbocycles. The Morgan fingerprint density at radius 3 is 2.95 bits per heavy atom. The van der Waals surface area contributed by atoms with Crippen LogP contribution in [0.1, 0.15) is 23.8 Å². The zero-order valence-corrected chi connectivity index (χ0v) is 14.3. The number of rotatable bonds is 7. The summed E-state index contributed by atoms with van der Waals surface area (Å²) in [5, 5.41) is 4.35. The van der Waals surface area contributed by atoms with E-state index in [1.807, 2.05) is 6.20 Å². The zero-order valence-electron chi connectivity index (χ0n) is 11.9.